The van der Waals surface area contributed by atoms with Gasteiger partial charge in [0, 0.05) is 25.3 Å². The quantitative estimate of drug-likeness (QED) is 0.843. The average Bonchev–Trinajstić information content (AvgIpc) is 2.72. The molecule has 19 heavy (non-hydrogen) atoms. The van der Waals surface area contributed by atoms with Crippen LogP contribution in [-0.2, 0) is 17.7 Å². The van der Waals surface area contributed by atoms with Gasteiger partial charge in [0.1, 0.15) is 5.60 Å². The van der Waals surface area contributed by atoms with Crippen LogP contribution in [0.25, 0.3) is 0 Å². The molecule has 0 radical (unpaired) electrons. The first-order valence-corrected chi connectivity index (χ1v) is 6.54. The van der Waals surface area contributed by atoms with E-state index in [9.17, 15) is 4.79 Å². The summed E-state index contributed by atoms with van der Waals surface area (Å²) in [6.45, 7) is 8.72. The van der Waals surface area contributed by atoms with Crippen molar-refractivity contribution in [2.75, 3.05) is 6.54 Å². The third kappa shape index (κ3) is 6.24. The molecule has 1 rings (SSSR count). The fourth-order valence-electron chi connectivity index (χ4n) is 1.59. The van der Waals surface area contributed by atoms with Crippen LogP contribution in [0, 0.1) is 0 Å². The molecule has 1 atom stereocenters. The van der Waals surface area contributed by atoms with Crippen LogP contribution in [0.15, 0.2) is 12.4 Å². The summed E-state index contributed by atoms with van der Waals surface area (Å²) in [5.74, 6) is 0. The van der Waals surface area contributed by atoms with Gasteiger partial charge in [-0.25, -0.2) is 4.79 Å². The van der Waals surface area contributed by atoms with Crippen LogP contribution in [-0.4, -0.2) is 34.1 Å². The number of nitrogens with zero attached hydrogens (tertiary/aromatic N) is 2. The molecule has 1 aromatic heterocycles. The van der Waals surface area contributed by atoms with Gasteiger partial charge in [-0.3, -0.25) is 4.68 Å². The topological polar surface area (TPSA) is 82.2 Å². The Bertz CT molecular complexity index is 409. The third-order valence-electron chi connectivity index (χ3n) is 2.42. The second-order valence-electron chi connectivity index (χ2n) is 5.55. The highest BCUT2D eigenvalue weighted by molar-refractivity contribution is 5.67. The number of carbonyl (C=O) groups is 1. The van der Waals surface area contributed by atoms with Crippen molar-refractivity contribution >= 4 is 6.09 Å². The molecule has 1 amide bonds. The maximum absolute atomic E-state index is 11.5. The normalized spacial score (nSPS) is 13.1. The van der Waals surface area contributed by atoms with Crippen LogP contribution in [0.2, 0.25) is 0 Å². The Kier molecular flexibility index (Phi) is 5.35. The molecule has 0 fully saturated rings. The van der Waals surface area contributed by atoms with Gasteiger partial charge < -0.3 is 15.8 Å². The second-order valence-corrected chi connectivity index (χ2v) is 5.55. The van der Waals surface area contributed by atoms with Crippen LogP contribution >= 0.6 is 0 Å². The van der Waals surface area contributed by atoms with Crippen molar-refractivity contribution in [1.82, 2.24) is 15.1 Å². The molecule has 0 aliphatic carbocycles. The number of rotatable bonds is 5. The summed E-state index contributed by atoms with van der Waals surface area (Å²) in [5, 5.41) is 6.85. The molecule has 0 bridgehead atoms. The van der Waals surface area contributed by atoms with Gasteiger partial charge in [-0.05, 0) is 39.7 Å². The zero-order valence-electron chi connectivity index (χ0n) is 12.1. The molecule has 1 aromatic rings. The minimum absolute atomic E-state index is 0.151. The molecule has 108 valence electrons. The molecule has 0 aromatic carbocycles. The summed E-state index contributed by atoms with van der Waals surface area (Å²) in [6.07, 6.45) is 4.01. The van der Waals surface area contributed by atoms with E-state index in [0.29, 0.717) is 13.0 Å². The molecular formula is C13H24N4O2. The Morgan fingerprint density at radius 2 is 2.26 bits per heavy atom. The van der Waals surface area contributed by atoms with Crippen LogP contribution in [0.4, 0.5) is 4.79 Å². The SMILES string of the molecule is CCn1cc(CC(N)CNC(=O)OC(C)(C)C)cn1. The lowest BCUT2D eigenvalue weighted by atomic mass is 10.1. The number of alkyl carbamates (subject to hydrolysis) is 1. The van der Waals surface area contributed by atoms with Gasteiger partial charge in [-0.1, -0.05) is 0 Å². The highest BCUT2D eigenvalue weighted by atomic mass is 16.6. The molecule has 6 nitrogen and oxygen atoms in total. The molecule has 0 saturated carbocycles. The Morgan fingerprint density at radius 3 is 2.79 bits per heavy atom. The second kappa shape index (κ2) is 6.56. The smallest absolute Gasteiger partial charge is 0.407 e. The number of ether oxygens (including phenoxy) is 1. The zero-order valence-corrected chi connectivity index (χ0v) is 12.1. The first-order valence-electron chi connectivity index (χ1n) is 6.54. The first-order chi connectivity index (χ1) is 8.80. The van der Waals surface area contributed by atoms with Crippen molar-refractivity contribution in [1.29, 1.82) is 0 Å². The lowest BCUT2D eigenvalue weighted by Gasteiger charge is -2.20. The van der Waals surface area contributed by atoms with Gasteiger partial charge in [0.05, 0.1) is 6.20 Å². The Hall–Kier alpha value is -1.56. The van der Waals surface area contributed by atoms with E-state index in [2.05, 4.69) is 10.4 Å². The van der Waals surface area contributed by atoms with E-state index in [0.717, 1.165) is 12.1 Å². The van der Waals surface area contributed by atoms with Gasteiger partial charge in [0.2, 0.25) is 0 Å². The third-order valence-corrected chi connectivity index (χ3v) is 2.42. The zero-order chi connectivity index (χ0) is 14.5. The summed E-state index contributed by atoms with van der Waals surface area (Å²) in [4.78, 5) is 11.5. The molecule has 0 spiro atoms. The van der Waals surface area contributed by atoms with Crippen molar-refractivity contribution in [3.05, 3.63) is 18.0 Å². The van der Waals surface area contributed by atoms with E-state index in [1.165, 1.54) is 0 Å². The molecule has 0 saturated heterocycles. The maximum atomic E-state index is 11.5. The molecular weight excluding hydrogens is 244 g/mol. The molecule has 6 heteroatoms. The Labute approximate surface area is 114 Å². The van der Waals surface area contributed by atoms with E-state index < -0.39 is 11.7 Å². The Balaban J connectivity index is 2.31. The highest BCUT2D eigenvalue weighted by Crippen LogP contribution is 2.06. The van der Waals surface area contributed by atoms with E-state index in [1.807, 2.05) is 38.6 Å². The van der Waals surface area contributed by atoms with Gasteiger partial charge in [-0.2, -0.15) is 5.10 Å². The molecule has 0 aliphatic heterocycles. The fourth-order valence-corrected chi connectivity index (χ4v) is 1.59. The van der Waals surface area contributed by atoms with Crippen LogP contribution in [0.3, 0.4) is 0 Å². The number of nitrogens with one attached hydrogen (secondary N) is 1. The van der Waals surface area contributed by atoms with Crippen LogP contribution in [0.1, 0.15) is 33.3 Å². The molecule has 0 aliphatic rings. The van der Waals surface area contributed by atoms with Crippen molar-refractivity contribution < 1.29 is 9.53 Å². The highest BCUT2D eigenvalue weighted by Gasteiger charge is 2.16. The number of amides is 1. The summed E-state index contributed by atoms with van der Waals surface area (Å²) in [7, 11) is 0. The van der Waals surface area contributed by atoms with Crippen molar-refractivity contribution in [2.45, 2.75) is 52.3 Å². The van der Waals surface area contributed by atoms with Gasteiger partial charge in [0.25, 0.3) is 0 Å². The minimum atomic E-state index is -0.490. The van der Waals surface area contributed by atoms with E-state index in [1.54, 1.807) is 6.20 Å². The largest absolute Gasteiger partial charge is 0.444 e. The summed E-state index contributed by atoms with van der Waals surface area (Å²) >= 11 is 0. The number of aromatic nitrogens is 2. The predicted molar refractivity (Wildman–Crippen MR) is 73.8 cm³/mol. The average molecular weight is 268 g/mol. The molecule has 1 unspecified atom stereocenters. The van der Waals surface area contributed by atoms with Crippen molar-refractivity contribution in [3.63, 3.8) is 0 Å². The van der Waals surface area contributed by atoms with E-state index >= 15 is 0 Å². The number of nitrogens with two attached hydrogens (primary N) is 1. The van der Waals surface area contributed by atoms with E-state index in [-0.39, 0.29) is 6.04 Å². The predicted octanol–water partition coefficient (Wildman–Crippen LogP) is 1.30. The molecule has 3 N–H and O–H groups in total. The van der Waals surface area contributed by atoms with Crippen LogP contribution in [0.5, 0.6) is 0 Å². The first kappa shape index (κ1) is 15.5. The van der Waals surface area contributed by atoms with Gasteiger partial charge >= 0.3 is 6.09 Å². The lowest BCUT2D eigenvalue weighted by Crippen LogP contribution is -2.41. The summed E-state index contributed by atoms with van der Waals surface area (Å²) in [6, 6.07) is -0.151. The summed E-state index contributed by atoms with van der Waals surface area (Å²) < 4.78 is 6.99. The fraction of sp³-hybridized carbons (Fsp3) is 0.692. The van der Waals surface area contributed by atoms with Crippen LogP contribution < -0.4 is 11.1 Å². The number of aryl methyl sites for hydroxylation is 1. The van der Waals surface area contributed by atoms with Crippen molar-refractivity contribution in [2.24, 2.45) is 5.73 Å². The molecule has 1 heterocycles. The van der Waals surface area contributed by atoms with Crippen molar-refractivity contribution in [3.8, 4) is 0 Å². The standard InChI is InChI=1S/C13H24N4O2/c1-5-17-9-10(7-16-17)6-11(14)8-15-12(18)19-13(2,3)4/h7,9,11H,5-6,8,14H2,1-4H3,(H,15,18). The summed E-state index contributed by atoms with van der Waals surface area (Å²) in [5.41, 5.74) is 6.54. The lowest BCUT2D eigenvalue weighted by molar-refractivity contribution is 0.0524. The monoisotopic (exact) mass is 268 g/mol. The Morgan fingerprint density at radius 1 is 1.58 bits per heavy atom. The van der Waals surface area contributed by atoms with Gasteiger partial charge in [-0.15, -0.1) is 0 Å². The van der Waals surface area contributed by atoms with Gasteiger partial charge in [0.15, 0.2) is 0 Å². The van der Waals surface area contributed by atoms with E-state index in [4.69, 9.17) is 10.5 Å². The number of hydrogen-bond donors (Lipinski definition) is 2. The number of hydrogen-bond acceptors (Lipinski definition) is 4. The number of carbonyl (C=O) groups excluding carboxylic acids is 1. The minimum Gasteiger partial charge on any atom is -0.444 e. The maximum Gasteiger partial charge on any atom is 0.407 e.